The van der Waals surface area contributed by atoms with E-state index >= 15 is 0 Å². The number of aliphatic hydroxyl groups is 1. The Bertz CT molecular complexity index is 309. The van der Waals surface area contributed by atoms with E-state index in [1.54, 1.807) is 13.1 Å². The highest BCUT2D eigenvalue weighted by Crippen LogP contribution is 2.27. The number of aliphatic hydroxyl groups excluding tert-OH is 1. The van der Waals surface area contributed by atoms with Crippen LogP contribution in [0.15, 0.2) is 10.6 Å². The molecule has 4 heteroatoms. The summed E-state index contributed by atoms with van der Waals surface area (Å²) < 4.78 is 5.49. The Balaban J connectivity index is 2.09. The van der Waals surface area contributed by atoms with Crippen molar-refractivity contribution in [1.29, 1.82) is 0 Å². The van der Waals surface area contributed by atoms with E-state index in [2.05, 4.69) is 16.9 Å². The zero-order valence-electron chi connectivity index (χ0n) is 8.60. The molecule has 1 aromatic heterocycles. The third-order valence-corrected chi connectivity index (χ3v) is 2.69. The number of aromatic nitrogens is 1. The van der Waals surface area contributed by atoms with Gasteiger partial charge >= 0.3 is 0 Å². The molecule has 0 amide bonds. The van der Waals surface area contributed by atoms with E-state index in [0.717, 1.165) is 25.4 Å². The third-order valence-electron chi connectivity index (χ3n) is 2.69. The van der Waals surface area contributed by atoms with E-state index in [4.69, 9.17) is 4.42 Å². The summed E-state index contributed by atoms with van der Waals surface area (Å²) in [5.41, 5.74) is 0. The van der Waals surface area contributed by atoms with Gasteiger partial charge in [0.15, 0.2) is 11.7 Å². The van der Waals surface area contributed by atoms with Gasteiger partial charge in [-0.25, -0.2) is 4.98 Å². The molecule has 4 nitrogen and oxygen atoms in total. The van der Waals surface area contributed by atoms with Crippen molar-refractivity contribution >= 4 is 0 Å². The van der Waals surface area contributed by atoms with Crippen LogP contribution in [0.1, 0.15) is 37.0 Å². The molecule has 2 atom stereocenters. The Morgan fingerprint density at radius 2 is 2.50 bits per heavy atom. The van der Waals surface area contributed by atoms with Crippen LogP contribution < -0.4 is 0 Å². The van der Waals surface area contributed by atoms with E-state index in [0.29, 0.717) is 11.7 Å². The summed E-state index contributed by atoms with van der Waals surface area (Å²) in [6, 6.07) is 0. The first-order chi connectivity index (χ1) is 6.66. The molecule has 1 fully saturated rings. The van der Waals surface area contributed by atoms with Crippen LogP contribution in [0.5, 0.6) is 0 Å². The van der Waals surface area contributed by atoms with Gasteiger partial charge in [0.1, 0.15) is 6.10 Å². The molecule has 14 heavy (non-hydrogen) atoms. The van der Waals surface area contributed by atoms with Crippen LogP contribution >= 0.6 is 0 Å². The van der Waals surface area contributed by atoms with Gasteiger partial charge in [-0.3, -0.25) is 0 Å². The number of likely N-dealkylation sites (N-methyl/N-ethyl adjacent to an activating group) is 1. The van der Waals surface area contributed by atoms with Crippen LogP contribution in [0.3, 0.4) is 0 Å². The van der Waals surface area contributed by atoms with Crippen molar-refractivity contribution in [3.05, 3.63) is 17.8 Å². The van der Waals surface area contributed by atoms with Crippen molar-refractivity contribution in [2.75, 3.05) is 20.1 Å². The average Bonchev–Trinajstić information content (AvgIpc) is 2.70. The Labute approximate surface area is 83.5 Å². The molecule has 1 aromatic rings. The molecule has 1 saturated heterocycles. The summed E-state index contributed by atoms with van der Waals surface area (Å²) in [7, 11) is 2.10. The standard InChI is InChI=1S/C10H16N2O2/c1-7(13)9-5-11-10(14-9)8-3-4-12(2)6-8/h5,7-8,13H,3-4,6H2,1-2H3. The van der Waals surface area contributed by atoms with E-state index in [1.165, 1.54) is 0 Å². The maximum Gasteiger partial charge on any atom is 0.198 e. The summed E-state index contributed by atoms with van der Waals surface area (Å²) in [5.74, 6) is 1.73. The summed E-state index contributed by atoms with van der Waals surface area (Å²) >= 11 is 0. The number of rotatable bonds is 2. The van der Waals surface area contributed by atoms with Gasteiger partial charge in [-0.05, 0) is 26.9 Å². The van der Waals surface area contributed by atoms with Crippen LogP contribution in [0, 0.1) is 0 Å². The minimum absolute atomic E-state index is 0.396. The van der Waals surface area contributed by atoms with Gasteiger partial charge in [-0.15, -0.1) is 0 Å². The van der Waals surface area contributed by atoms with Crippen molar-refractivity contribution in [2.45, 2.75) is 25.4 Å². The smallest absolute Gasteiger partial charge is 0.198 e. The molecular formula is C10H16N2O2. The van der Waals surface area contributed by atoms with Crippen LogP contribution in [0.4, 0.5) is 0 Å². The molecule has 0 saturated carbocycles. The molecule has 2 unspecified atom stereocenters. The van der Waals surface area contributed by atoms with Gasteiger partial charge < -0.3 is 14.4 Å². The first-order valence-electron chi connectivity index (χ1n) is 4.99. The van der Waals surface area contributed by atoms with E-state index < -0.39 is 6.10 Å². The first kappa shape index (κ1) is 9.68. The molecule has 0 spiro atoms. The van der Waals surface area contributed by atoms with E-state index in [-0.39, 0.29) is 0 Å². The molecule has 0 bridgehead atoms. The molecule has 0 aromatic carbocycles. The largest absolute Gasteiger partial charge is 0.443 e. The lowest BCUT2D eigenvalue weighted by Gasteiger charge is -2.06. The number of oxazole rings is 1. The van der Waals surface area contributed by atoms with Crippen molar-refractivity contribution in [2.24, 2.45) is 0 Å². The lowest BCUT2D eigenvalue weighted by Crippen LogP contribution is -2.13. The molecule has 0 aliphatic carbocycles. The molecule has 78 valence electrons. The monoisotopic (exact) mass is 196 g/mol. The molecule has 2 rings (SSSR count). The Morgan fingerprint density at radius 3 is 3.00 bits per heavy atom. The van der Waals surface area contributed by atoms with Gasteiger partial charge in [0.25, 0.3) is 0 Å². The fraction of sp³-hybridized carbons (Fsp3) is 0.700. The zero-order chi connectivity index (χ0) is 10.1. The van der Waals surface area contributed by atoms with Crippen LogP contribution in [-0.2, 0) is 0 Å². The highest BCUT2D eigenvalue weighted by Gasteiger charge is 2.25. The van der Waals surface area contributed by atoms with Crippen molar-refractivity contribution < 1.29 is 9.52 Å². The second-order valence-corrected chi connectivity index (χ2v) is 4.02. The van der Waals surface area contributed by atoms with E-state index in [9.17, 15) is 5.11 Å². The normalized spacial score (nSPS) is 25.5. The summed E-state index contributed by atoms with van der Waals surface area (Å²) in [4.78, 5) is 6.46. The number of hydrogen-bond donors (Lipinski definition) is 1. The van der Waals surface area contributed by atoms with Gasteiger partial charge in [0.05, 0.1) is 6.20 Å². The minimum Gasteiger partial charge on any atom is -0.443 e. The first-order valence-corrected chi connectivity index (χ1v) is 4.99. The number of hydrogen-bond acceptors (Lipinski definition) is 4. The molecule has 1 aliphatic rings. The van der Waals surface area contributed by atoms with Crippen molar-refractivity contribution in [3.8, 4) is 0 Å². The number of nitrogens with zero attached hydrogens (tertiary/aromatic N) is 2. The third kappa shape index (κ3) is 1.81. The molecule has 2 heterocycles. The van der Waals surface area contributed by atoms with Crippen molar-refractivity contribution in [3.63, 3.8) is 0 Å². The SMILES string of the molecule is CC(O)c1cnc(C2CCN(C)C2)o1. The lowest BCUT2D eigenvalue weighted by atomic mass is 10.1. The van der Waals surface area contributed by atoms with Crippen LogP contribution in [0.2, 0.25) is 0 Å². The molecular weight excluding hydrogens is 180 g/mol. The number of likely N-dealkylation sites (tertiary alicyclic amines) is 1. The average molecular weight is 196 g/mol. The maximum atomic E-state index is 9.29. The predicted molar refractivity (Wildman–Crippen MR) is 52.0 cm³/mol. The summed E-state index contributed by atoms with van der Waals surface area (Å²) in [6.07, 6.45) is 2.16. The van der Waals surface area contributed by atoms with Gasteiger partial charge in [0, 0.05) is 12.5 Å². The zero-order valence-corrected chi connectivity index (χ0v) is 8.60. The van der Waals surface area contributed by atoms with Gasteiger partial charge in [-0.1, -0.05) is 0 Å². The predicted octanol–water partition coefficient (Wildman–Crippen LogP) is 1.15. The summed E-state index contributed by atoms with van der Waals surface area (Å²) in [5, 5.41) is 9.29. The van der Waals surface area contributed by atoms with Gasteiger partial charge in [-0.2, -0.15) is 0 Å². The molecule has 0 radical (unpaired) electrons. The lowest BCUT2D eigenvalue weighted by molar-refractivity contribution is 0.166. The fourth-order valence-corrected chi connectivity index (χ4v) is 1.82. The topological polar surface area (TPSA) is 49.5 Å². The Kier molecular flexibility index (Phi) is 2.56. The molecule has 1 N–H and O–H groups in total. The summed E-state index contributed by atoms with van der Waals surface area (Å²) in [6.45, 7) is 3.78. The van der Waals surface area contributed by atoms with Gasteiger partial charge in [0.2, 0.25) is 0 Å². The molecule has 1 aliphatic heterocycles. The van der Waals surface area contributed by atoms with E-state index in [1.807, 2.05) is 0 Å². The van der Waals surface area contributed by atoms with Crippen LogP contribution in [-0.4, -0.2) is 35.1 Å². The fourth-order valence-electron chi connectivity index (χ4n) is 1.82. The van der Waals surface area contributed by atoms with Crippen molar-refractivity contribution in [1.82, 2.24) is 9.88 Å². The maximum absolute atomic E-state index is 9.29. The quantitative estimate of drug-likeness (QED) is 0.770. The highest BCUT2D eigenvalue weighted by molar-refractivity contribution is 5.03. The van der Waals surface area contributed by atoms with Crippen LogP contribution in [0.25, 0.3) is 0 Å². The Morgan fingerprint density at radius 1 is 1.71 bits per heavy atom. The second kappa shape index (κ2) is 3.71. The minimum atomic E-state index is -0.560. The Hall–Kier alpha value is -0.870. The highest BCUT2D eigenvalue weighted by atomic mass is 16.4. The second-order valence-electron chi connectivity index (χ2n) is 4.02.